The summed E-state index contributed by atoms with van der Waals surface area (Å²) in [5, 5.41) is 9.73. The molecule has 0 unspecified atom stereocenters. The Kier molecular flexibility index (Phi) is 5.16. The minimum atomic E-state index is -0.512. The lowest BCUT2D eigenvalue weighted by Gasteiger charge is -2.15. The van der Waals surface area contributed by atoms with Gasteiger partial charge in [-0.3, -0.25) is 9.59 Å². The predicted molar refractivity (Wildman–Crippen MR) is 92.4 cm³/mol. The second kappa shape index (κ2) is 7.30. The molecular weight excluding hydrogens is 308 g/mol. The van der Waals surface area contributed by atoms with Crippen molar-refractivity contribution in [2.24, 2.45) is 0 Å². The summed E-state index contributed by atoms with van der Waals surface area (Å²) in [5.74, 6) is -1.02. The molecule has 23 heavy (non-hydrogen) atoms. The standard InChI is InChI=1S/C18H24N2O2S/c21-16(19-10-6-14-4-2-1-3-5-14)17(22)20-13-18(8-9-18)15-7-11-23-12-15/h4,7,11-12H,1-3,5-6,8-10,13H2,(H,19,21)(H,20,22). The highest BCUT2D eigenvalue weighted by atomic mass is 32.1. The van der Waals surface area contributed by atoms with Crippen LogP contribution in [-0.4, -0.2) is 24.9 Å². The maximum atomic E-state index is 11.9. The molecule has 1 aromatic heterocycles. The summed E-state index contributed by atoms with van der Waals surface area (Å²) >= 11 is 1.67. The van der Waals surface area contributed by atoms with Crippen LogP contribution in [0, 0.1) is 0 Å². The molecule has 0 saturated heterocycles. The Balaban J connectivity index is 1.38. The highest BCUT2D eigenvalue weighted by molar-refractivity contribution is 7.08. The van der Waals surface area contributed by atoms with Gasteiger partial charge in [0.15, 0.2) is 0 Å². The van der Waals surface area contributed by atoms with Crippen molar-refractivity contribution in [2.45, 2.75) is 50.4 Å². The van der Waals surface area contributed by atoms with Crippen LogP contribution in [0.1, 0.15) is 50.5 Å². The molecule has 5 heteroatoms. The Morgan fingerprint density at radius 1 is 1.17 bits per heavy atom. The van der Waals surface area contributed by atoms with Crippen LogP contribution in [-0.2, 0) is 15.0 Å². The van der Waals surface area contributed by atoms with E-state index in [1.54, 1.807) is 11.3 Å². The van der Waals surface area contributed by atoms with E-state index in [0.717, 1.165) is 32.1 Å². The first-order chi connectivity index (χ1) is 11.2. The number of nitrogens with one attached hydrogen (secondary N) is 2. The molecule has 3 rings (SSSR count). The van der Waals surface area contributed by atoms with E-state index in [2.05, 4.69) is 33.5 Å². The van der Waals surface area contributed by atoms with Gasteiger partial charge in [-0.2, -0.15) is 11.3 Å². The Morgan fingerprint density at radius 3 is 2.65 bits per heavy atom. The molecule has 0 radical (unpaired) electrons. The second-order valence-electron chi connectivity index (χ2n) is 6.59. The fraction of sp³-hybridized carbons (Fsp3) is 0.556. The van der Waals surface area contributed by atoms with Crippen molar-refractivity contribution in [1.82, 2.24) is 10.6 Å². The van der Waals surface area contributed by atoms with Gasteiger partial charge in [0.25, 0.3) is 0 Å². The first kappa shape index (κ1) is 16.2. The van der Waals surface area contributed by atoms with Crippen LogP contribution in [0.2, 0.25) is 0 Å². The third-order valence-electron chi connectivity index (χ3n) is 4.90. The summed E-state index contributed by atoms with van der Waals surface area (Å²) in [6.07, 6.45) is 10.1. The first-order valence-electron chi connectivity index (χ1n) is 8.46. The summed E-state index contributed by atoms with van der Waals surface area (Å²) in [6, 6.07) is 2.11. The number of amides is 2. The lowest BCUT2D eigenvalue weighted by molar-refractivity contribution is -0.139. The van der Waals surface area contributed by atoms with Gasteiger partial charge in [-0.05, 0) is 67.3 Å². The van der Waals surface area contributed by atoms with Crippen molar-refractivity contribution in [1.29, 1.82) is 0 Å². The summed E-state index contributed by atoms with van der Waals surface area (Å²) in [6.45, 7) is 1.11. The molecule has 0 bridgehead atoms. The molecule has 0 aliphatic heterocycles. The number of allylic oxidation sites excluding steroid dienone is 1. The molecule has 2 amide bonds. The highest BCUT2D eigenvalue weighted by Crippen LogP contribution is 2.48. The van der Waals surface area contributed by atoms with E-state index in [4.69, 9.17) is 0 Å². The zero-order valence-electron chi connectivity index (χ0n) is 13.4. The summed E-state index contributed by atoms with van der Waals surface area (Å²) < 4.78 is 0. The van der Waals surface area contributed by atoms with E-state index < -0.39 is 11.8 Å². The Morgan fingerprint density at radius 2 is 2.00 bits per heavy atom. The van der Waals surface area contributed by atoms with Crippen LogP contribution in [0.25, 0.3) is 0 Å². The number of carbonyl (C=O) groups is 2. The smallest absolute Gasteiger partial charge is 0.309 e. The van der Waals surface area contributed by atoms with E-state index >= 15 is 0 Å². The third-order valence-corrected chi connectivity index (χ3v) is 5.58. The maximum absolute atomic E-state index is 11.9. The van der Waals surface area contributed by atoms with Crippen molar-refractivity contribution in [3.05, 3.63) is 34.0 Å². The number of thiophene rings is 1. The molecule has 0 spiro atoms. The van der Waals surface area contributed by atoms with E-state index in [1.807, 2.05) is 0 Å². The molecule has 2 aliphatic carbocycles. The number of hydrogen-bond donors (Lipinski definition) is 2. The number of hydrogen-bond acceptors (Lipinski definition) is 3. The van der Waals surface area contributed by atoms with E-state index in [9.17, 15) is 9.59 Å². The average Bonchev–Trinajstić information content (AvgIpc) is 3.16. The normalized spacial score (nSPS) is 18.9. The fourth-order valence-corrected chi connectivity index (χ4v) is 3.94. The van der Waals surface area contributed by atoms with E-state index in [0.29, 0.717) is 13.1 Å². The van der Waals surface area contributed by atoms with Gasteiger partial charge >= 0.3 is 11.8 Å². The van der Waals surface area contributed by atoms with Crippen LogP contribution in [0.15, 0.2) is 28.5 Å². The molecule has 124 valence electrons. The molecule has 0 atom stereocenters. The fourth-order valence-electron chi connectivity index (χ4n) is 3.16. The van der Waals surface area contributed by atoms with Gasteiger partial charge in [0.05, 0.1) is 0 Å². The molecule has 0 aromatic carbocycles. The van der Waals surface area contributed by atoms with Crippen LogP contribution >= 0.6 is 11.3 Å². The monoisotopic (exact) mass is 332 g/mol. The third kappa shape index (κ3) is 4.22. The van der Waals surface area contributed by atoms with Crippen molar-refractivity contribution < 1.29 is 9.59 Å². The largest absolute Gasteiger partial charge is 0.348 e. The molecule has 1 heterocycles. The second-order valence-corrected chi connectivity index (χ2v) is 7.37. The molecule has 1 saturated carbocycles. The van der Waals surface area contributed by atoms with Gasteiger partial charge in [-0.1, -0.05) is 11.6 Å². The molecule has 1 aromatic rings. The van der Waals surface area contributed by atoms with Crippen molar-refractivity contribution in [3.63, 3.8) is 0 Å². The van der Waals surface area contributed by atoms with Gasteiger partial charge in [0.2, 0.25) is 0 Å². The summed E-state index contributed by atoms with van der Waals surface area (Å²) in [4.78, 5) is 23.8. The average molecular weight is 332 g/mol. The Hall–Kier alpha value is -1.62. The summed E-state index contributed by atoms with van der Waals surface area (Å²) in [5.41, 5.74) is 2.77. The van der Waals surface area contributed by atoms with Gasteiger partial charge < -0.3 is 10.6 Å². The minimum absolute atomic E-state index is 0.0723. The lowest BCUT2D eigenvalue weighted by atomic mass is 9.97. The SMILES string of the molecule is O=C(NCCC1=CCCCC1)C(=O)NCC1(c2ccsc2)CC1. The Labute approximate surface area is 141 Å². The van der Waals surface area contributed by atoms with E-state index in [-0.39, 0.29) is 5.41 Å². The van der Waals surface area contributed by atoms with Gasteiger partial charge in [0, 0.05) is 18.5 Å². The molecule has 1 fully saturated rings. The Bertz CT molecular complexity index is 588. The van der Waals surface area contributed by atoms with Crippen LogP contribution in [0.3, 0.4) is 0 Å². The highest BCUT2D eigenvalue weighted by Gasteiger charge is 2.44. The molecule has 2 aliphatic rings. The lowest BCUT2D eigenvalue weighted by Crippen LogP contribution is -2.43. The van der Waals surface area contributed by atoms with Crippen LogP contribution in [0.4, 0.5) is 0 Å². The summed E-state index contributed by atoms with van der Waals surface area (Å²) in [7, 11) is 0. The van der Waals surface area contributed by atoms with Crippen LogP contribution in [0.5, 0.6) is 0 Å². The van der Waals surface area contributed by atoms with E-state index in [1.165, 1.54) is 24.0 Å². The zero-order chi connectivity index (χ0) is 16.1. The molecule has 4 nitrogen and oxygen atoms in total. The van der Waals surface area contributed by atoms with Gasteiger partial charge in [0.1, 0.15) is 0 Å². The van der Waals surface area contributed by atoms with Crippen molar-refractivity contribution in [2.75, 3.05) is 13.1 Å². The first-order valence-corrected chi connectivity index (χ1v) is 9.40. The van der Waals surface area contributed by atoms with Crippen molar-refractivity contribution in [3.8, 4) is 0 Å². The number of carbonyl (C=O) groups excluding carboxylic acids is 2. The van der Waals surface area contributed by atoms with Crippen LogP contribution < -0.4 is 10.6 Å². The molecular formula is C18H24N2O2S. The predicted octanol–water partition coefficient (Wildman–Crippen LogP) is 2.90. The zero-order valence-corrected chi connectivity index (χ0v) is 14.2. The van der Waals surface area contributed by atoms with Crippen molar-refractivity contribution >= 4 is 23.2 Å². The minimum Gasteiger partial charge on any atom is -0.348 e. The van der Waals surface area contributed by atoms with Gasteiger partial charge in [-0.15, -0.1) is 0 Å². The molecule has 2 N–H and O–H groups in total. The van der Waals surface area contributed by atoms with Gasteiger partial charge in [-0.25, -0.2) is 0 Å². The topological polar surface area (TPSA) is 58.2 Å². The maximum Gasteiger partial charge on any atom is 0.309 e. The quantitative estimate of drug-likeness (QED) is 0.622. The number of rotatable bonds is 6.